The first-order chi connectivity index (χ1) is 25.5. The lowest BCUT2D eigenvalue weighted by atomic mass is 9.98. The van der Waals surface area contributed by atoms with Crippen molar-refractivity contribution in [1.82, 2.24) is 0 Å². The van der Waals surface area contributed by atoms with Crippen LogP contribution in [0.15, 0.2) is 139 Å². The average Bonchev–Trinajstić information content (AvgIpc) is 3.52. The van der Waals surface area contributed by atoms with Crippen LogP contribution in [-0.2, 0) is 0 Å². The zero-order valence-electron chi connectivity index (χ0n) is 29.1. The summed E-state index contributed by atoms with van der Waals surface area (Å²) >= 11 is 0. The van der Waals surface area contributed by atoms with Crippen LogP contribution < -0.4 is 28.7 Å². The molecule has 0 unspecified atom stereocenters. The van der Waals surface area contributed by atoms with Gasteiger partial charge in [-0.3, -0.25) is 0 Å². The Hall–Kier alpha value is -7.16. The lowest BCUT2D eigenvalue weighted by Gasteiger charge is -2.27. The van der Waals surface area contributed by atoms with E-state index in [0.717, 1.165) is 79.4 Å². The van der Waals surface area contributed by atoms with Gasteiger partial charge in [0.05, 0.1) is 28.4 Å². The fourth-order valence-electron chi connectivity index (χ4n) is 6.60. The van der Waals surface area contributed by atoms with Crippen molar-refractivity contribution in [3.05, 3.63) is 150 Å². The highest BCUT2D eigenvalue weighted by Crippen LogP contribution is 2.50. The monoisotopic (exact) mass is 682 g/mol. The number of benzene rings is 6. The summed E-state index contributed by atoms with van der Waals surface area (Å²) in [6.45, 7) is 0. The van der Waals surface area contributed by atoms with Gasteiger partial charge < -0.3 is 28.7 Å². The molecule has 0 aliphatic heterocycles. The summed E-state index contributed by atoms with van der Waals surface area (Å²) in [4.78, 5) is 4.31. The Morgan fingerprint density at radius 2 is 0.654 bits per heavy atom. The average molecular weight is 683 g/mol. The second-order valence-electron chi connectivity index (χ2n) is 11.9. The van der Waals surface area contributed by atoms with Gasteiger partial charge in [-0.15, -0.1) is 0 Å². The molecule has 8 heteroatoms. The SMILES string of the molecule is COc1ccc(N(c2ccc(OC)cc2)c2ccc3c(c2)-c2cc(N(c4ccc(OC)cc4)c4ccc(OC)cc4)ccc2C3=C(C#N)C#N)cc1. The van der Waals surface area contributed by atoms with Crippen LogP contribution in [0.1, 0.15) is 11.1 Å². The number of allylic oxidation sites excluding steroid dienone is 1. The summed E-state index contributed by atoms with van der Waals surface area (Å²) in [7, 11) is 6.59. The molecule has 254 valence electrons. The Balaban J connectivity index is 1.43. The van der Waals surface area contributed by atoms with E-state index in [1.807, 2.05) is 121 Å². The minimum atomic E-state index is 0.0600. The van der Waals surface area contributed by atoms with Crippen LogP contribution in [0.25, 0.3) is 16.7 Å². The van der Waals surface area contributed by atoms with Crippen molar-refractivity contribution >= 4 is 39.7 Å². The molecule has 52 heavy (non-hydrogen) atoms. The van der Waals surface area contributed by atoms with Gasteiger partial charge in [0.1, 0.15) is 40.7 Å². The number of nitrogens with zero attached hydrogens (tertiary/aromatic N) is 4. The Morgan fingerprint density at radius 1 is 0.385 bits per heavy atom. The molecule has 1 aliphatic carbocycles. The largest absolute Gasteiger partial charge is 0.497 e. The zero-order valence-corrected chi connectivity index (χ0v) is 29.1. The molecule has 0 saturated carbocycles. The van der Waals surface area contributed by atoms with Gasteiger partial charge in [-0.05, 0) is 144 Å². The van der Waals surface area contributed by atoms with Crippen molar-refractivity contribution in [2.24, 2.45) is 0 Å². The van der Waals surface area contributed by atoms with Crippen LogP contribution >= 0.6 is 0 Å². The molecule has 6 aromatic carbocycles. The van der Waals surface area contributed by atoms with E-state index in [1.54, 1.807) is 28.4 Å². The van der Waals surface area contributed by atoms with Crippen molar-refractivity contribution in [2.75, 3.05) is 38.2 Å². The van der Waals surface area contributed by atoms with Crippen LogP contribution in [0.2, 0.25) is 0 Å². The Bertz CT molecular complexity index is 2090. The molecular weight excluding hydrogens is 649 g/mol. The topological polar surface area (TPSA) is 91.0 Å². The van der Waals surface area contributed by atoms with Gasteiger partial charge in [0.15, 0.2) is 0 Å². The van der Waals surface area contributed by atoms with E-state index in [2.05, 4.69) is 34.1 Å². The smallest absolute Gasteiger partial charge is 0.138 e. The van der Waals surface area contributed by atoms with Gasteiger partial charge in [0.2, 0.25) is 0 Å². The van der Waals surface area contributed by atoms with Crippen molar-refractivity contribution in [3.63, 3.8) is 0 Å². The first-order valence-electron chi connectivity index (χ1n) is 16.5. The number of rotatable bonds is 10. The molecule has 0 radical (unpaired) electrons. The van der Waals surface area contributed by atoms with E-state index in [0.29, 0.717) is 5.57 Å². The Labute approximate surface area is 303 Å². The van der Waals surface area contributed by atoms with Gasteiger partial charge in [-0.25, -0.2) is 0 Å². The van der Waals surface area contributed by atoms with Crippen LogP contribution in [0.4, 0.5) is 34.1 Å². The Morgan fingerprint density at radius 3 is 0.904 bits per heavy atom. The number of ether oxygens (including phenoxy) is 4. The number of nitriles is 2. The standard InChI is InChI=1S/C44H34N4O4/c1-49-36-15-5-30(6-16-36)47(31-7-17-37(50-2)18-8-31)34-13-23-40-42(25-34)43-26-35(14-24-41(43)44(40)29(27-45)28-46)48(32-9-19-38(51-3)20-10-32)33-11-21-39(52-4)22-12-33/h5-26H,1-4H3. The molecule has 0 N–H and O–H groups in total. The minimum Gasteiger partial charge on any atom is -0.497 e. The van der Waals surface area contributed by atoms with E-state index in [1.165, 1.54) is 0 Å². The number of fused-ring (bicyclic) bond motifs is 3. The Kier molecular flexibility index (Phi) is 9.21. The van der Waals surface area contributed by atoms with E-state index in [4.69, 9.17) is 18.9 Å². The first-order valence-corrected chi connectivity index (χ1v) is 16.5. The van der Waals surface area contributed by atoms with Crippen molar-refractivity contribution in [2.45, 2.75) is 0 Å². The van der Waals surface area contributed by atoms with Crippen LogP contribution in [0, 0.1) is 22.7 Å². The maximum atomic E-state index is 10.1. The molecular formula is C44H34N4O4. The predicted molar refractivity (Wildman–Crippen MR) is 205 cm³/mol. The fourth-order valence-corrected chi connectivity index (χ4v) is 6.60. The lowest BCUT2D eigenvalue weighted by molar-refractivity contribution is 0.414. The van der Waals surface area contributed by atoms with E-state index < -0.39 is 0 Å². The summed E-state index contributed by atoms with van der Waals surface area (Å²) in [6.07, 6.45) is 0. The summed E-state index contributed by atoms with van der Waals surface area (Å²) in [6, 6.07) is 48.1. The lowest BCUT2D eigenvalue weighted by Crippen LogP contribution is -2.10. The summed E-state index contributed by atoms with van der Waals surface area (Å²) in [5, 5.41) is 20.2. The second-order valence-corrected chi connectivity index (χ2v) is 11.9. The highest BCUT2D eigenvalue weighted by molar-refractivity contribution is 6.06. The van der Waals surface area contributed by atoms with Crippen LogP contribution in [-0.4, -0.2) is 28.4 Å². The molecule has 0 spiro atoms. The third kappa shape index (κ3) is 6.10. The molecule has 0 saturated heterocycles. The van der Waals surface area contributed by atoms with Crippen molar-refractivity contribution < 1.29 is 18.9 Å². The molecule has 0 amide bonds. The number of anilines is 6. The normalized spacial score (nSPS) is 11.0. The zero-order chi connectivity index (χ0) is 36.2. The van der Waals surface area contributed by atoms with Gasteiger partial charge in [0.25, 0.3) is 0 Å². The molecule has 1 aliphatic rings. The molecule has 0 aromatic heterocycles. The predicted octanol–water partition coefficient (Wildman–Crippen LogP) is 10.5. The minimum absolute atomic E-state index is 0.0600. The molecule has 6 aromatic rings. The van der Waals surface area contributed by atoms with Gasteiger partial charge >= 0.3 is 0 Å². The van der Waals surface area contributed by atoms with Gasteiger partial charge in [0, 0.05) is 39.7 Å². The summed E-state index contributed by atoms with van der Waals surface area (Å²) in [5.41, 5.74) is 9.61. The molecule has 7 rings (SSSR count). The third-order valence-electron chi connectivity index (χ3n) is 9.15. The number of hydrogen-bond donors (Lipinski definition) is 0. The maximum Gasteiger partial charge on any atom is 0.138 e. The second kappa shape index (κ2) is 14.4. The molecule has 0 bridgehead atoms. The van der Waals surface area contributed by atoms with E-state index in [-0.39, 0.29) is 5.57 Å². The maximum absolute atomic E-state index is 10.1. The van der Waals surface area contributed by atoms with E-state index >= 15 is 0 Å². The quantitative estimate of drug-likeness (QED) is 0.132. The molecule has 8 nitrogen and oxygen atoms in total. The summed E-state index contributed by atoms with van der Waals surface area (Å²) in [5.74, 6) is 3.01. The molecule has 0 atom stereocenters. The van der Waals surface area contributed by atoms with Gasteiger partial charge in [-0.1, -0.05) is 12.1 Å². The van der Waals surface area contributed by atoms with Gasteiger partial charge in [-0.2, -0.15) is 10.5 Å². The summed E-state index contributed by atoms with van der Waals surface area (Å²) < 4.78 is 21.8. The molecule has 0 heterocycles. The fraction of sp³-hybridized carbons (Fsp3) is 0.0909. The highest BCUT2D eigenvalue weighted by atomic mass is 16.5. The number of methoxy groups -OCH3 is 4. The number of hydrogen-bond acceptors (Lipinski definition) is 8. The van der Waals surface area contributed by atoms with Crippen molar-refractivity contribution in [1.29, 1.82) is 10.5 Å². The third-order valence-corrected chi connectivity index (χ3v) is 9.15. The highest BCUT2D eigenvalue weighted by Gasteiger charge is 2.29. The van der Waals surface area contributed by atoms with Crippen molar-refractivity contribution in [3.8, 4) is 46.3 Å². The van der Waals surface area contributed by atoms with Crippen LogP contribution in [0.5, 0.6) is 23.0 Å². The first kappa shape index (κ1) is 33.3. The molecule has 0 fully saturated rings. The van der Waals surface area contributed by atoms with Crippen LogP contribution in [0.3, 0.4) is 0 Å². The van der Waals surface area contributed by atoms with E-state index in [9.17, 15) is 10.5 Å².